The molecule has 0 amide bonds. The number of allylic oxidation sites excluding steroid dienone is 1. The number of halogens is 1. The summed E-state index contributed by atoms with van der Waals surface area (Å²) in [7, 11) is 0. The fraction of sp³-hybridized carbons (Fsp3) is 0.0833. The van der Waals surface area contributed by atoms with Crippen LogP contribution in [-0.2, 0) is 0 Å². The second-order valence-electron chi connectivity index (χ2n) is 2.79. The fourth-order valence-corrected chi connectivity index (χ4v) is 1.92. The van der Waals surface area contributed by atoms with Gasteiger partial charge in [0.2, 0.25) is 0 Å². The first-order valence-corrected chi connectivity index (χ1v) is 5.16. The van der Waals surface area contributed by atoms with Crippen molar-refractivity contribution in [1.82, 2.24) is 0 Å². The molecule has 0 aliphatic carbocycles. The van der Waals surface area contributed by atoms with Gasteiger partial charge in [-0.1, -0.05) is 37.8 Å². The minimum absolute atomic E-state index is 1.19. The third kappa shape index (κ3) is 2.21. The van der Waals surface area contributed by atoms with Crippen molar-refractivity contribution in [3.05, 3.63) is 58.0 Å². The SMILES string of the molecule is C=C[C](C)c1cccc(I)c1C=C. The number of benzene rings is 1. The van der Waals surface area contributed by atoms with E-state index >= 15 is 0 Å². The minimum Gasteiger partial charge on any atom is -0.102 e. The molecular weight excluding hydrogens is 271 g/mol. The maximum Gasteiger partial charge on any atom is 0.0236 e. The van der Waals surface area contributed by atoms with Gasteiger partial charge in [-0.25, -0.2) is 0 Å². The van der Waals surface area contributed by atoms with Crippen LogP contribution in [-0.4, -0.2) is 0 Å². The van der Waals surface area contributed by atoms with E-state index in [9.17, 15) is 0 Å². The van der Waals surface area contributed by atoms with E-state index in [0.29, 0.717) is 0 Å². The molecule has 0 fully saturated rings. The van der Waals surface area contributed by atoms with Gasteiger partial charge in [-0.2, -0.15) is 0 Å². The Bertz CT molecular complexity index is 326. The Labute approximate surface area is 93.5 Å². The fourth-order valence-electron chi connectivity index (χ4n) is 1.20. The van der Waals surface area contributed by atoms with Gasteiger partial charge in [-0.05, 0) is 39.8 Å². The lowest BCUT2D eigenvalue weighted by molar-refractivity contribution is 1.24. The van der Waals surface area contributed by atoms with Crippen molar-refractivity contribution in [3.63, 3.8) is 0 Å². The quantitative estimate of drug-likeness (QED) is 0.734. The zero-order chi connectivity index (χ0) is 9.84. The Morgan fingerprint density at radius 3 is 2.62 bits per heavy atom. The van der Waals surface area contributed by atoms with Crippen LogP contribution in [0, 0.1) is 9.49 Å². The van der Waals surface area contributed by atoms with E-state index in [1.54, 1.807) is 0 Å². The first kappa shape index (κ1) is 10.5. The average molecular weight is 283 g/mol. The van der Waals surface area contributed by atoms with Gasteiger partial charge in [-0.15, -0.1) is 6.58 Å². The summed E-state index contributed by atoms with van der Waals surface area (Å²) in [6.45, 7) is 9.65. The van der Waals surface area contributed by atoms with Crippen LogP contribution in [0.2, 0.25) is 0 Å². The highest BCUT2D eigenvalue weighted by Gasteiger charge is 2.07. The predicted molar refractivity (Wildman–Crippen MR) is 67.5 cm³/mol. The third-order valence-electron chi connectivity index (χ3n) is 1.99. The predicted octanol–water partition coefficient (Wildman–Crippen LogP) is 4.06. The van der Waals surface area contributed by atoms with E-state index < -0.39 is 0 Å². The van der Waals surface area contributed by atoms with Crippen molar-refractivity contribution in [2.45, 2.75) is 6.92 Å². The molecule has 0 N–H and O–H groups in total. The molecule has 0 unspecified atom stereocenters. The largest absolute Gasteiger partial charge is 0.102 e. The lowest BCUT2D eigenvalue weighted by Gasteiger charge is -2.11. The van der Waals surface area contributed by atoms with Gasteiger partial charge in [0, 0.05) is 9.49 Å². The standard InChI is InChI=1S/C12H12I/c1-4-9(3)11-7-6-8-12(13)10(11)5-2/h4-8H,1-2H2,3H3. The van der Waals surface area contributed by atoms with E-state index in [1.165, 1.54) is 20.6 Å². The van der Waals surface area contributed by atoms with Gasteiger partial charge in [0.1, 0.15) is 0 Å². The molecule has 1 aromatic rings. The van der Waals surface area contributed by atoms with Gasteiger partial charge in [0.15, 0.2) is 0 Å². The summed E-state index contributed by atoms with van der Waals surface area (Å²) in [6, 6.07) is 6.23. The molecule has 1 aromatic carbocycles. The topological polar surface area (TPSA) is 0 Å². The first-order chi connectivity index (χ1) is 6.20. The van der Waals surface area contributed by atoms with Crippen LogP contribution in [0.1, 0.15) is 18.1 Å². The summed E-state index contributed by atoms with van der Waals surface area (Å²) in [5, 5.41) is 0. The average Bonchev–Trinajstić information content (AvgIpc) is 2.16. The van der Waals surface area contributed by atoms with Crippen molar-refractivity contribution in [2.75, 3.05) is 0 Å². The van der Waals surface area contributed by atoms with Crippen LogP contribution in [0.15, 0.2) is 37.4 Å². The second-order valence-corrected chi connectivity index (χ2v) is 3.95. The normalized spacial score (nSPS) is 10.1. The monoisotopic (exact) mass is 283 g/mol. The lowest BCUT2D eigenvalue weighted by atomic mass is 9.96. The van der Waals surface area contributed by atoms with E-state index in [1.807, 2.05) is 12.2 Å². The summed E-state index contributed by atoms with van der Waals surface area (Å²) in [4.78, 5) is 0. The molecule has 0 saturated heterocycles. The molecule has 67 valence electrons. The molecule has 0 aromatic heterocycles. The summed E-state index contributed by atoms with van der Waals surface area (Å²) in [6.07, 6.45) is 3.77. The highest BCUT2D eigenvalue weighted by molar-refractivity contribution is 14.1. The zero-order valence-corrected chi connectivity index (χ0v) is 9.84. The van der Waals surface area contributed by atoms with Crippen molar-refractivity contribution in [2.24, 2.45) is 0 Å². The van der Waals surface area contributed by atoms with Crippen LogP contribution in [0.5, 0.6) is 0 Å². The van der Waals surface area contributed by atoms with Crippen LogP contribution in [0.25, 0.3) is 6.08 Å². The molecule has 13 heavy (non-hydrogen) atoms. The summed E-state index contributed by atoms with van der Waals surface area (Å²) >= 11 is 2.32. The second kappa shape index (κ2) is 4.61. The van der Waals surface area contributed by atoms with Crippen LogP contribution in [0.3, 0.4) is 0 Å². The maximum absolute atomic E-state index is 3.82. The minimum atomic E-state index is 1.19. The van der Waals surface area contributed by atoms with Gasteiger partial charge < -0.3 is 0 Å². The number of hydrogen-bond acceptors (Lipinski definition) is 0. The molecule has 1 heteroatoms. The van der Waals surface area contributed by atoms with Gasteiger partial charge in [0.05, 0.1) is 0 Å². The van der Waals surface area contributed by atoms with E-state index in [-0.39, 0.29) is 0 Å². The molecule has 1 radical (unpaired) electrons. The van der Waals surface area contributed by atoms with Crippen LogP contribution < -0.4 is 0 Å². The Morgan fingerprint density at radius 2 is 2.08 bits per heavy atom. The smallest absolute Gasteiger partial charge is 0.0236 e. The summed E-state index contributed by atoms with van der Waals surface area (Å²) in [5.41, 5.74) is 2.41. The van der Waals surface area contributed by atoms with Gasteiger partial charge in [-0.3, -0.25) is 0 Å². The van der Waals surface area contributed by atoms with Crippen molar-refractivity contribution in [3.8, 4) is 0 Å². The van der Waals surface area contributed by atoms with Gasteiger partial charge in [0.25, 0.3) is 0 Å². The van der Waals surface area contributed by atoms with Crippen molar-refractivity contribution in [1.29, 1.82) is 0 Å². The Hall–Kier alpha value is -0.570. The highest BCUT2D eigenvalue weighted by Crippen LogP contribution is 2.24. The molecule has 0 spiro atoms. The third-order valence-corrected chi connectivity index (χ3v) is 2.93. The van der Waals surface area contributed by atoms with Crippen molar-refractivity contribution >= 4 is 28.7 Å². The summed E-state index contributed by atoms with van der Waals surface area (Å²) < 4.78 is 1.23. The Balaban J connectivity index is 3.27. The van der Waals surface area contributed by atoms with Crippen molar-refractivity contribution < 1.29 is 0 Å². The molecule has 0 nitrogen and oxygen atoms in total. The molecule has 0 heterocycles. The Kier molecular flexibility index (Phi) is 3.72. The van der Waals surface area contributed by atoms with E-state index in [2.05, 4.69) is 60.9 Å². The summed E-state index contributed by atoms with van der Waals surface area (Å²) in [5.74, 6) is 1.19. The first-order valence-electron chi connectivity index (χ1n) is 4.08. The molecule has 0 saturated carbocycles. The number of rotatable bonds is 3. The maximum atomic E-state index is 3.82. The highest BCUT2D eigenvalue weighted by atomic mass is 127. The molecular formula is C12H12I. The van der Waals surface area contributed by atoms with Crippen LogP contribution >= 0.6 is 22.6 Å². The molecule has 0 atom stereocenters. The van der Waals surface area contributed by atoms with E-state index in [4.69, 9.17) is 0 Å². The van der Waals surface area contributed by atoms with Gasteiger partial charge >= 0.3 is 0 Å². The molecule has 0 bridgehead atoms. The van der Waals surface area contributed by atoms with Crippen LogP contribution in [0.4, 0.5) is 0 Å². The number of hydrogen-bond donors (Lipinski definition) is 0. The van der Waals surface area contributed by atoms with E-state index in [0.717, 1.165) is 0 Å². The zero-order valence-electron chi connectivity index (χ0n) is 7.68. The Morgan fingerprint density at radius 1 is 1.38 bits per heavy atom. The molecule has 0 aliphatic heterocycles. The molecule has 1 rings (SSSR count). The molecule has 0 aliphatic rings. The lowest BCUT2D eigenvalue weighted by Crippen LogP contribution is -1.95.